The smallest absolute Gasteiger partial charge is 0.346 e. The molecule has 22 heavy (non-hydrogen) atoms. The molecule has 0 N–H and O–H groups in total. The number of carbonyl (C=O) groups excluding carboxylic acids is 1. The van der Waals surface area contributed by atoms with Crippen molar-refractivity contribution in [1.82, 2.24) is 0 Å². The van der Waals surface area contributed by atoms with Gasteiger partial charge < -0.3 is 23.7 Å². The van der Waals surface area contributed by atoms with E-state index in [1.807, 2.05) is 0 Å². The maximum atomic E-state index is 12.4. The minimum Gasteiger partial charge on any atom is -0.462 e. The molecule has 0 aromatic heterocycles. The standard InChI is InChI=1S/C15H18O6S/c1-6-17-13(16)7-8-10(20-14(2,3)18-8)12(22)11-9(7)19-15(4,5)21-11/h22H,6H2,1-5H3. The number of hydrogen-bond donors (Lipinski definition) is 1. The lowest BCUT2D eigenvalue weighted by molar-refractivity contribution is -0.0507. The zero-order valence-corrected chi connectivity index (χ0v) is 14.0. The zero-order chi connectivity index (χ0) is 16.3. The van der Waals surface area contributed by atoms with Crippen molar-refractivity contribution in [3.63, 3.8) is 0 Å². The molecule has 0 unspecified atom stereocenters. The van der Waals surface area contributed by atoms with Gasteiger partial charge in [-0.1, -0.05) is 0 Å². The van der Waals surface area contributed by atoms with Crippen LogP contribution in [0.1, 0.15) is 45.0 Å². The van der Waals surface area contributed by atoms with Crippen molar-refractivity contribution in [3.05, 3.63) is 5.56 Å². The summed E-state index contributed by atoms with van der Waals surface area (Å²) in [5.41, 5.74) is 0.167. The van der Waals surface area contributed by atoms with Crippen molar-refractivity contribution in [2.24, 2.45) is 0 Å². The first-order chi connectivity index (χ1) is 10.2. The summed E-state index contributed by atoms with van der Waals surface area (Å²) in [6.07, 6.45) is 0. The van der Waals surface area contributed by atoms with Crippen molar-refractivity contribution in [3.8, 4) is 23.0 Å². The van der Waals surface area contributed by atoms with Gasteiger partial charge in [0.15, 0.2) is 28.6 Å². The lowest BCUT2D eigenvalue weighted by atomic mass is 10.1. The molecule has 7 heteroatoms. The number of thiol groups is 1. The van der Waals surface area contributed by atoms with Gasteiger partial charge >= 0.3 is 5.97 Å². The molecule has 120 valence electrons. The van der Waals surface area contributed by atoms with Gasteiger partial charge in [0.25, 0.3) is 0 Å². The SMILES string of the molecule is CCOC(=O)c1c2c(c(S)c3c1OC(C)(C)O3)OC(C)(C)O2. The fraction of sp³-hybridized carbons (Fsp3) is 0.533. The van der Waals surface area contributed by atoms with Crippen molar-refractivity contribution in [2.75, 3.05) is 6.61 Å². The molecular weight excluding hydrogens is 308 g/mol. The molecule has 0 fully saturated rings. The fourth-order valence-electron chi connectivity index (χ4n) is 2.45. The molecular formula is C15H18O6S. The summed E-state index contributed by atoms with van der Waals surface area (Å²) in [6.45, 7) is 8.93. The van der Waals surface area contributed by atoms with Crippen LogP contribution in [-0.4, -0.2) is 24.2 Å². The minimum absolute atomic E-state index is 0.167. The number of hydrogen-bond acceptors (Lipinski definition) is 7. The molecule has 6 nitrogen and oxygen atoms in total. The summed E-state index contributed by atoms with van der Waals surface area (Å²) in [4.78, 5) is 12.8. The Morgan fingerprint density at radius 3 is 1.77 bits per heavy atom. The Hall–Kier alpha value is -1.76. The van der Waals surface area contributed by atoms with Crippen LogP contribution in [0.25, 0.3) is 0 Å². The van der Waals surface area contributed by atoms with E-state index in [-0.39, 0.29) is 23.7 Å². The van der Waals surface area contributed by atoms with Gasteiger partial charge in [0.05, 0.1) is 11.5 Å². The highest BCUT2D eigenvalue weighted by Gasteiger charge is 2.46. The first-order valence-corrected chi connectivity index (χ1v) is 7.46. The van der Waals surface area contributed by atoms with Crippen molar-refractivity contribution in [2.45, 2.75) is 51.1 Å². The summed E-state index contributed by atoms with van der Waals surface area (Å²) >= 11 is 4.45. The number of ether oxygens (including phenoxy) is 5. The number of rotatable bonds is 2. The van der Waals surface area contributed by atoms with Gasteiger partial charge in [0, 0.05) is 27.7 Å². The monoisotopic (exact) mass is 326 g/mol. The average molecular weight is 326 g/mol. The second-order valence-corrected chi connectivity index (χ2v) is 6.42. The molecule has 0 atom stereocenters. The fourth-order valence-corrected chi connectivity index (χ4v) is 2.74. The lowest BCUT2D eigenvalue weighted by Gasteiger charge is -2.18. The Balaban J connectivity index is 2.23. The molecule has 0 saturated carbocycles. The number of carbonyl (C=O) groups is 1. The topological polar surface area (TPSA) is 63.2 Å². The largest absolute Gasteiger partial charge is 0.462 e. The van der Waals surface area contributed by atoms with Gasteiger partial charge in [-0.05, 0) is 6.92 Å². The van der Waals surface area contributed by atoms with Gasteiger partial charge in [-0.15, -0.1) is 12.6 Å². The lowest BCUT2D eigenvalue weighted by Crippen LogP contribution is -2.31. The van der Waals surface area contributed by atoms with Gasteiger partial charge in [-0.25, -0.2) is 4.79 Å². The van der Waals surface area contributed by atoms with E-state index in [9.17, 15) is 4.79 Å². The molecule has 3 rings (SSSR count). The van der Waals surface area contributed by atoms with Crippen LogP contribution in [0.2, 0.25) is 0 Å². The Labute approximate surface area is 134 Å². The van der Waals surface area contributed by atoms with Crippen LogP contribution in [-0.2, 0) is 4.74 Å². The van der Waals surface area contributed by atoms with Crippen LogP contribution in [0.4, 0.5) is 0 Å². The highest BCUT2D eigenvalue weighted by atomic mass is 32.1. The average Bonchev–Trinajstić information content (AvgIpc) is 2.86. The van der Waals surface area contributed by atoms with Gasteiger partial charge in [-0.2, -0.15) is 0 Å². The van der Waals surface area contributed by atoms with E-state index in [1.165, 1.54) is 0 Å². The third kappa shape index (κ3) is 2.24. The van der Waals surface area contributed by atoms with Crippen LogP contribution in [0.15, 0.2) is 4.90 Å². The third-order valence-electron chi connectivity index (χ3n) is 3.17. The van der Waals surface area contributed by atoms with Gasteiger partial charge in [-0.3, -0.25) is 0 Å². The highest BCUT2D eigenvalue weighted by Crippen LogP contribution is 2.58. The maximum absolute atomic E-state index is 12.4. The predicted molar refractivity (Wildman–Crippen MR) is 80.3 cm³/mol. The van der Waals surface area contributed by atoms with E-state index in [0.29, 0.717) is 16.4 Å². The van der Waals surface area contributed by atoms with E-state index in [4.69, 9.17) is 23.7 Å². The molecule has 0 spiro atoms. The van der Waals surface area contributed by atoms with Crippen LogP contribution >= 0.6 is 12.6 Å². The first-order valence-electron chi connectivity index (χ1n) is 7.01. The maximum Gasteiger partial charge on any atom is 0.346 e. The quantitative estimate of drug-likeness (QED) is 0.665. The molecule has 0 saturated heterocycles. The molecule has 2 aliphatic heterocycles. The van der Waals surface area contributed by atoms with Crippen LogP contribution in [0, 0.1) is 0 Å². The third-order valence-corrected chi connectivity index (χ3v) is 3.57. The molecule has 1 aromatic carbocycles. The highest BCUT2D eigenvalue weighted by molar-refractivity contribution is 7.80. The van der Waals surface area contributed by atoms with E-state index in [2.05, 4.69) is 12.6 Å². The molecule has 0 bridgehead atoms. The van der Waals surface area contributed by atoms with E-state index in [1.54, 1.807) is 34.6 Å². The molecule has 0 amide bonds. The summed E-state index contributed by atoms with van der Waals surface area (Å²) in [7, 11) is 0. The number of fused-ring (bicyclic) bond motifs is 2. The Morgan fingerprint density at radius 2 is 1.36 bits per heavy atom. The molecule has 2 aliphatic rings. The summed E-state index contributed by atoms with van der Waals surface area (Å²) in [5.74, 6) is -1.11. The summed E-state index contributed by atoms with van der Waals surface area (Å²) in [6, 6.07) is 0. The number of esters is 1. The van der Waals surface area contributed by atoms with E-state index < -0.39 is 17.5 Å². The predicted octanol–water partition coefficient (Wildman–Crippen LogP) is 3.17. The molecule has 1 aromatic rings. The first kappa shape index (κ1) is 15.1. The Morgan fingerprint density at radius 1 is 0.955 bits per heavy atom. The second kappa shape index (κ2) is 4.62. The summed E-state index contributed by atoms with van der Waals surface area (Å²) in [5, 5.41) is 0. The molecule has 0 aliphatic carbocycles. The van der Waals surface area contributed by atoms with E-state index in [0.717, 1.165) is 0 Å². The Bertz CT molecular complexity index is 619. The van der Waals surface area contributed by atoms with Gasteiger partial charge in [0.1, 0.15) is 0 Å². The number of benzene rings is 1. The minimum atomic E-state index is -0.911. The zero-order valence-electron chi connectivity index (χ0n) is 13.1. The van der Waals surface area contributed by atoms with E-state index >= 15 is 0 Å². The molecule has 2 heterocycles. The van der Waals surface area contributed by atoms with Crippen LogP contribution < -0.4 is 18.9 Å². The van der Waals surface area contributed by atoms with Gasteiger partial charge in [0.2, 0.25) is 11.6 Å². The van der Waals surface area contributed by atoms with Crippen LogP contribution in [0.3, 0.4) is 0 Å². The Kier molecular flexibility index (Phi) is 3.18. The van der Waals surface area contributed by atoms with Crippen molar-refractivity contribution < 1.29 is 28.5 Å². The summed E-state index contributed by atoms with van der Waals surface area (Å²) < 4.78 is 28.1. The van der Waals surface area contributed by atoms with Crippen molar-refractivity contribution in [1.29, 1.82) is 0 Å². The normalized spacial score (nSPS) is 19.2. The van der Waals surface area contributed by atoms with Crippen molar-refractivity contribution >= 4 is 18.6 Å². The molecule has 0 radical (unpaired) electrons. The second-order valence-electron chi connectivity index (χ2n) is 5.97. The van der Waals surface area contributed by atoms with Crippen LogP contribution in [0.5, 0.6) is 23.0 Å².